The van der Waals surface area contributed by atoms with Crippen molar-refractivity contribution in [1.29, 1.82) is 0 Å². The number of aromatic nitrogens is 2. The molecule has 0 saturated heterocycles. The molecule has 156 valence electrons. The molecule has 9 heteroatoms. The number of fused-ring (bicyclic) bond motifs is 1. The van der Waals surface area contributed by atoms with Crippen LogP contribution in [0.3, 0.4) is 0 Å². The van der Waals surface area contributed by atoms with Crippen LogP contribution in [0.5, 0.6) is 0 Å². The molecule has 0 saturated carbocycles. The standard InChI is InChI=1S/C22H18N4O4S/c1-13-8-9-16(26(29)30)10-18(13)24-20(27)12-25-14(2)23-21-17(22(25)28)11-19(31-21)15-6-4-3-5-7-15/h3-11H,12H2,1-2H3,(H,24,27). The number of rotatable bonds is 5. The van der Waals surface area contributed by atoms with Crippen molar-refractivity contribution in [3.05, 3.63) is 86.5 Å². The van der Waals surface area contributed by atoms with Crippen LogP contribution in [0.25, 0.3) is 20.7 Å². The summed E-state index contributed by atoms with van der Waals surface area (Å²) in [5.41, 5.74) is 1.59. The van der Waals surface area contributed by atoms with Gasteiger partial charge in [0.05, 0.1) is 16.0 Å². The average molecular weight is 434 g/mol. The van der Waals surface area contributed by atoms with E-state index in [-0.39, 0.29) is 17.8 Å². The molecule has 31 heavy (non-hydrogen) atoms. The van der Waals surface area contributed by atoms with Gasteiger partial charge in [0.1, 0.15) is 17.2 Å². The predicted molar refractivity (Wildman–Crippen MR) is 121 cm³/mol. The van der Waals surface area contributed by atoms with Crippen molar-refractivity contribution in [2.45, 2.75) is 20.4 Å². The number of thiophene rings is 1. The van der Waals surface area contributed by atoms with Crippen LogP contribution >= 0.6 is 11.3 Å². The highest BCUT2D eigenvalue weighted by Gasteiger charge is 2.16. The normalized spacial score (nSPS) is 10.9. The number of carbonyl (C=O) groups is 1. The molecule has 2 heterocycles. The van der Waals surface area contributed by atoms with E-state index in [2.05, 4.69) is 10.3 Å². The van der Waals surface area contributed by atoms with Gasteiger partial charge in [0.25, 0.3) is 11.2 Å². The monoisotopic (exact) mass is 434 g/mol. The van der Waals surface area contributed by atoms with Crippen LogP contribution < -0.4 is 10.9 Å². The Morgan fingerprint density at radius 3 is 2.61 bits per heavy atom. The van der Waals surface area contributed by atoms with E-state index in [1.807, 2.05) is 30.3 Å². The molecule has 4 aromatic rings. The minimum atomic E-state index is -0.525. The second-order valence-electron chi connectivity index (χ2n) is 7.05. The molecule has 0 aliphatic heterocycles. The summed E-state index contributed by atoms with van der Waals surface area (Å²) in [6, 6.07) is 15.7. The summed E-state index contributed by atoms with van der Waals surface area (Å²) in [5.74, 6) is -0.0432. The summed E-state index contributed by atoms with van der Waals surface area (Å²) in [4.78, 5) is 42.2. The molecular weight excluding hydrogens is 416 g/mol. The first kappa shape index (κ1) is 20.4. The first-order valence-corrected chi connectivity index (χ1v) is 10.3. The number of nitro groups is 1. The third-order valence-corrected chi connectivity index (χ3v) is 5.99. The van der Waals surface area contributed by atoms with E-state index in [4.69, 9.17) is 0 Å². The van der Waals surface area contributed by atoms with E-state index in [0.29, 0.717) is 27.3 Å². The molecule has 0 aliphatic rings. The first-order valence-electron chi connectivity index (χ1n) is 9.45. The highest BCUT2D eigenvalue weighted by atomic mass is 32.1. The maximum absolute atomic E-state index is 13.1. The summed E-state index contributed by atoms with van der Waals surface area (Å²) in [5, 5.41) is 14.1. The van der Waals surface area contributed by atoms with E-state index >= 15 is 0 Å². The molecule has 0 bridgehead atoms. The molecule has 2 aromatic heterocycles. The fraction of sp³-hybridized carbons (Fsp3) is 0.136. The highest BCUT2D eigenvalue weighted by molar-refractivity contribution is 7.21. The van der Waals surface area contributed by atoms with Gasteiger partial charge in [-0.15, -0.1) is 11.3 Å². The number of amides is 1. The van der Waals surface area contributed by atoms with Gasteiger partial charge in [-0.2, -0.15) is 0 Å². The zero-order chi connectivity index (χ0) is 22.1. The van der Waals surface area contributed by atoms with Crippen molar-refractivity contribution in [3.8, 4) is 10.4 Å². The Balaban J connectivity index is 1.64. The molecular formula is C22H18N4O4S. The van der Waals surface area contributed by atoms with Gasteiger partial charge in [-0.1, -0.05) is 36.4 Å². The topological polar surface area (TPSA) is 107 Å². The molecule has 0 aliphatic carbocycles. The lowest BCUT2D eigenvalue weighted by molar-refractivity contribution is -0.384. The summed E-state index contributed by atoms with van der Waals surface area (Å²) < 4.78 is 1.31. The number of nitro benzene ring substituents is 1. The highest BCUT2D eigenvalue weighted by Crippen LogP contribution is 2.31. The van der Waals surface area contributed by atoms with Crippen LogP contribution in [0, 0.1) is 24.0 Å². The lowest BCUT2D eigenvalue weighted by Gasteiger charge is -2.11. The van der Waals surface area contributed by atoms with E-state index in [0.717, 1.165) is 10.4 Å². The van der Waals surface area contributed by atoms with Crippen molar-refractivity contribution >= 4 is 38.8 Å². The molecule has 8 nitrogen and oxygen atoms in total. The Morgan fingerprint density at radius 1 is 1.16 bits per heavy atom. The zero-order valence-electron chi connectivity index (χ0n) is 16.8. The number of hydrogen-bond acceptors (Lipinski definition) is 6. The largest absolute Gasteiger partial charge is 0.324 e. The second-order valence-corrected chi connectivity index (χ2v) is 8.08. The maximum atomic E-state index is 13.1. The van der Waals surface area contributed by atoms with Gasteiger partial charge in [0.2, 0.25) is 5.91 Å². The minimum Gasteiger partial charge on any atom is -0.324 e. The third-order valence-electron chi connectivity index (χ3n) is 4.91. The van der Waals surface area contributed by atoms with Gasteiger partial charge in [-0.25, -0.2) is 4.98 Å². The Kier molecular flexibility index (Phi) is 5.35. The van der Waals surface area contributed by atoms with Crippen LogP contribution in [0.1, 0.15) is 11.4 Å². The molecule has 0 atom stereocenters. The van der Waals surface area contributed by atoms with Gasteiger partial charge >= 0.3 is 0 Å². The lowest BCUT2D eigenvalue weighted by atomic mass is 10.2. The van der Waals surface area contributed by atoms with Crippen LogP contribution in [0.2, 0.25) is 0 Å². The Bertz CT molecular complexity index is 1380. The smallest absolute Gasteiger partial charge is 0.271 e. The molecule has 2 aromatic carbocycles. The number of benzene rings is 2. The number of hydrogen-bond donors (Lipinski definition) is 1. The summed E-state index contributed by atoms with van der Waals surface area (Å²) >= 11 is 1.43. The van der Waals surface area contributed by atoms with Crippen molar-refractivity contribution in [1.82, 2.24) is 9.55 Å². The van der Waals surface area contributed by atoms with Crippen LogP contribution in [0.15, 0.2) is 59.4 Å². The van der Waals surface area contributed by atoms with Gasteiger partial charge in [-0.05, 0) is 31.0 Å². The molecule has 4 rings (SSSR count). The van der Waals surface area contributed by atoms with Crippen molar-refractivity contribution in [3.63, 3.8) is 0 Å². The molecule has 1 amide bonds. The molecule has 0 fully saturated rings. The Labute approximate surface area is 181 Å². The maximum Gasteiger partial charge on any atom is 0.271 e. The van der Waals surface area contributed by atoms with Crippen molar-refractivity contribution in [2.75, 3.05) is 5.32 Å². The third kappa shape index (κ3) is 4.08. The number of aryl methyl sites for hydroxylation is 2. The molecule has 1 N–H and O–H groups in total. The summed E-state index contributed by atoms with van der Waals surface area (Å²) in [6.45, 7) is 3.17. The van der Waals surface area contributed by atoms with Crippen LogP contribution in [-0.2, 0) is 11.3 Å². The molecule has 0 radical (unpaired) electrons. The van der Waals surface area contributed by atoms with Gasteiger partial charge in [0.15, 0.2) is 0 Å². The van der Waals surface area contributed by atoms with Gasteiger partial charge in [-0.3, -0.25) is 24.3 Å². The van der Waals surface area contributed by atoms with Gasteiger partial charge in [0, 0.05) is 17.0 Å². The van der Waals surface area contributed by atoms with Crippen LogP contribution in [0.4, 0.5) is 11.4 Å². The zero-order valence-corrected chi connectivity index (χ0v) is 17.6. The average Bonchev–Trinajstić information content (AvgIpc) is 3.17. The Morgan fingerprint density at radius 2 is 1.90 bits per heavy atom. The van der Waals surface area contributed by atoms with E-state index in [1.54, 1.807) is 26.0 Å². The van der Waals surface area contributed by atoms with E-state index in [9.17, 15) is 19.7 Å². The fourth-order valence-corrected chi connectivity index (χ4v) is 4.31. The number of nitrogens with one attached hydrogen (secondary N) is 1. The minimum absolute atomic E-state index is 0.121. The van der Waals surface area contributed by atoms with Crippen LogP contribution in [-0.4, -0.2) is 20.4 Å². The quantitative estimate of drug-likeness (QED) is 0.372. The SMILES string of the molecule is Cc1ccc([N+](=O)[O-])cc1NC(=O)Cn1c(C)nc2sc(-c3ccccc3)cc2c1=O. The molecule has 0 unspecified atom stereocenters. The van der Waals surface area contributed by atoms with E-state index in [1.165, 1.54) is 28.0 Å². The fourth-order valence-electron chi connectivity index (χ4n) is 3.24. The number of carbonyl (C=O) groups excluding carboxylic acids is 1. The predicted octanol–water partition coefficient (Wildman–Crippen LogP) is 4.29. The summed E-state index contributed by atoms with van der Waals surface area (Å²) in [7, 11) is 0. The van der Waals surface area contributed by atoms with Crippen molar-refractivity contribution < 1.29 is 9.72 Å². The Hall–Kier alpha value is -3.85. The number of anilines is 1. The number of non-ortho nitro benzene ring substituents is 1. The first-order chi connectivity index (χ1) is 14.8. The summed E-state index contributed by atoms with van der Waals surface area (Å²) in [6.07, 6.45) is 0. The lowest BCUT2D eigenvalue weighted by Crippen LogP contribution is -2.30. The van der Waals surface area contributed by atoms with Gasteiger partial charge < -0.3 is 5.32 Å². The molecule has 0 spiro atoms. The number of nitrogens with zero attached hydrogens (tertiary/aromatic N) is 3. The second kappa shape index (κ2) is 8.11. The van der Waals surface area contributed by atoms with Crippen molar-refractivity contribution in [2.24, 2.45) is 0 Å². The van der Waals surface area contributed by atoms with E-state index < -0.39 is 10.8 Å².